The summed E-state index contributed by atoms with van der Waals surface area (Å²) in [6.07, 6.45) is 3.57. The Hall–Kier alpha value is -2.30. The molecule has 0 saturated carbocycles. The van der Waals surface area contributed by atoms with Gasteiger partial charge in [0.1, 0.15) is 5.82 Å². The molecule has 0 bridgehead atoms. The van der Waals surface area contributed by atoms with Crippen LogP contribution < -0.4 is 5.32 Å². The minimum absolute atomic E-state index is 0. The quantitative estimate of drug-likeness (QED) is 0.517. The van der Waals surface area contributed by atoms with Crippen LogP contribution in [0.15, 0.2) is 48.5 Å². The first kappa shape index (κ1) is 22.4. The first-order chi connectivity index (χ1) is 14.0. The molecule has 160 valence electrons. The predicted octanol–water partition coefficient (Wildman–Crippen LogP) is 5.67. The number of carbonyl (C=O) groups is 1. The molecule has 0 amide bonds. The molecule has 1 aliphatic heterocycles. The molecule has 0 spiro atoms. The fraction of sp³-hybridized carbons (Fsp3) is 0.400. The summed E-state index contributed by atoms with van der Waals surface area (Å²) in [7, 11) is 0. The molecular weight excluding hydrogens is 394 g/mol. The lowest BCUT2D eigenvalue weighted by atomic mass is 9.87. The smallest absolute Gasteiger partial charge is 0.154 e. The lowest BCUT2D eigenvalue weighted by Crippen LogP contribution is -2.26. The summed E-state index contributed by atoms with van der Waals surface area (Å²) >= 11 is 0. The molecule has 30 heavy (non-hydrogen) atoms. The number of fused-ring (bicyclic) bond motifs is 1. The van der Waals surface area contributed by atoms with E-state index in [0.717, 1.165) is 47.3 Å². The van der Waals surface area contributed by atoms with Crippen molar-refractivity contribution in [2.75, 3.05) is 31.5 Å². The number of nitrogens with zero attached hydrogens (tertiary/aromatic N) is 2. The molecule has 1 aliphatic rings. The van der Waals surface area contributed by atoms with E-state index >= 15 is 0 Å². The van der Waals surface area contributed by atoms with E-state index in [1.165, 1.54) is 31.5 Å². The summed E-state index contributed by atoms with van der Waals surface area (Å²) in [4.78, 5) is 14.5. The number of aldehydes is 1. The molecule has 2 aromatic carbocycles. The minimum atomic E-state index is 0. The van der Waals surface area contributed by atoms with Crippen molar-refractivity contribution in [1.29, 1.82) is 0 Å². The molecule has 1 fully saturated rings. The average Bonchev–Trinajstić information content (AvgIpc) is 3.33. The maximum atomic E-state index is 12.0. The second-order valence-corrected chi connectivity index (χ2v) is 9.01. The van der Waals surface area contributed by atoms with Gasteiger partial charge in [0, 0.05) is 24.2 Å². The van der Waals surface area contributed by atoms with Crippen LogP contribution >= 0.6 is 12.4 Å². The molecule has 4 rings (SSSR count). The lowest BCUT2D eigenvalue weighted by Gasteiger charge is -2.20. The van der Waals surface area contributed by atoms with Gasteiger partial charge >= 0.3 is 0 Å². The maximum Gasteiger partial charge on any atom is 0.154 e. The van der Waals surface area contributed by atoms with Crippen LogP contribution in [0, 0.1) is 0 Å². The van der Waals surface area contributed by atoms with Crippen molar-refractivity contribution in [3.63, 3.8) is 0 Å². The zero-order valence-electron chi connectivity index (χ0n) is 18.1. The Balaban J connectivity index is 0.00000256. The van der Waals surface area contributed by atoms with Gasteiger partial charge in [0.15, 0.2) is 6.29 Å². The fourth-order valence-corrected chi connectivity index (χ4v) is 4.28. The average molecular weight is 426 g/mol. The first-order valence-corrected chi connectivity index (χ1v) is 10.6. The summed E-state index contributed by atoms with van der Waals surface area (Å²) in [5.74, 6) is 0.893. The number of hydrogen-bond acceptors (Lipinski definition) is 3. The second kappa shape index (κ2) is 9.23. The molecule has 5 heteroatoms. The molecule has 0 unspecified atom stereocenters. The third-order valence-corrected chi connectivity index (χ3v) is 5.94. The van der Waals surface area contributed by atoms with Crippen LogP contribution in [0.2, 0.25) is 0 Å². The number of benzene rings is 2. The van der Waals surface area contributed by atoms with Crippen molar-refractivity contribution < 1.29 is 4.79 Å². The minimum Gasteiger partial charge on any atom is -0.369 e. The third-order valence-electron chi connectivity index (χ3n) is 5.94. The largest absolute Gasteiger partial charge is 0.369 e. The summed E-state index contributed by atoms with van der Waals surface area (Å²) in [5, 5.41) is 4.57. The summed E-state index contributed by atoms with van der Waals surface area (Å²) in [6, 6.07) is 16.9. The molecule has 1 N–H and O–H groups in total. The van der Waals surface area contributed by atoms with E-state index in [0.29, 0.717) is 0 Å². The van der Waals surface area contributed by atoms with Crippen molar-refractivity contribution in [2.24, 2.45) is 0 Å². The van der Waals surface area contributed by atoms with E-state index in [1.54, 1.807) is 0 Å². The monoisotopic (exact) mass is 425 g/mol. The number of nitrogens with one attached hydrogen (secondary N) is 1. The Kier molecular flexibility index (Phi) is 6.89. The van der Waals surface area contributed by atoms with E-state index < -0.39 is 0 Å². The van der Waals surface area contributed by atoms with Crippen LogP contribution in [0.5, 0.6) is 0 Å². The van der Waals surface area contributed by atoms with Crippen LogP contribution in [0.3, 0.4) is 0 Å². The van der Waals surface area contributed by atoms with Crippen molar-refractivity contribution in [2.45, 2.75) is 39.0 Å². The topological polar surface area (TPSA) is 37.3 Å². The molecular formula is C25H32ClN3O. The van der Waals surface area contributed by atoms with Crippen LogP contribution in [-0.2, 0) is 5.41 Å². The summed E-state index contributed by atoms with van der Waals surface area (Å²) in [6.45, 7) is 10.9. The standard InChI is InChI=1S/C25H31N3O.ClH/c1-25(2,3)19-10-12-20(13-11-19)28-23-9-5-4-8-21(23)22(18-29)24(28)26-14-17-27-15-6-7-16-27;/h4-5,8-13,18,26H,6-7,14-17H2,1-3H3;1H. The van der Waals surface area contributed by atoms with Crippen molar-refractivity contribution >= 4 is 35.4 Å². The van der Waals surface area contributed by atoms with Crippen molar-refractivity contribution in [3.8, 4) is 5.69 Å². The predicted molar refractivity (Wildman–Crippen MR) is 129 cm³/mol. The Bertz CT molecular complexity index is 996. The Morgan fingerprint density at radius 1 is 1.00 bits per heavy atom. The SMILES string of the molecule is CC(C)(C)c1ccc(-n2c(NCCN3CCCC3)c(C=O)c3ccccc32)cc1.Cl. The molecule has 2 heterocycles. The number of likely N-dealkylation sites (tertiary alicyclic amines) is 1. The van der Waals surface area contributed by atoms with Crippen LogP contribution in [0.1, 0.15) is 49.5 Å². The molecule has 3 aromatic rings. The fourth-order valence-electron chi connectivity index (χ4n) is 4.28. The Morgan fingerprint density at radius 3 is 2.30 bits per heavy atom. The van der Waals surface area contributed by atoms with Gasteiger partial charge in [0.2, 0.25) is 0 Å². The summed E-state index contributed by atoms with van der Waals surface area (Å²) in [5.41, 5.74) is 4.29. The molecule has 0 aliphatic carbocycles. The van der Waals surface area contributed by atoms with Gasteiger partial charge in [0.05, 0.1) is 11.1 Å². The zero-order valence-corrected chi connectivity index (χ0v) is 19.0. The lowest BCUT2D eigenvalue weighted by molar-refractivity contribution is 0.112. The van der Waals surface area contributed by atoms with Gasteiger partial charge in [-0.05, 0) is 55.1 Å². The number of para-hydroxylation sites is 1. The van der Waals surface area contributed by atoms with E-state index in [4.69, 9.17) is 0 Å². The van der Waals surface area contributed by atoms with Crippen LogP contribution in [0.4, 0.5) is 5.82 Å². The van der Waals surface area contributed by atoms with Gasteiger partial charge < -0.3 is 10.2 Å². The van der Waals surface area contributed by atoms with Crippen molar-refractivity contribution in [3.05, 3.63) is 59.7 Å². The number of rotatable bonds is 6. The zero-order chi connectivity index (χ0) is 20.4. The van der Waals surface area contributed by atoms with Gasteiger partial charge in [0.25, 0.3) is 0 Å². The highest BCUT2D eigenvalue weighted by Gasteiger charge is 2.19. The molecule has 4 nitrogen and oxygen atoms in total. The van der Waals surface area contributed by atoms with Gasteiger partial charge in [-0.1, -0.05) is 51.1 Å². The van der Waals surface area contributed by atoms with Gasteiger partial charge in [-0.3, -0.25) is 9.36 Å². The first-order valence-electron chi connectivity index (χ1n) is 10.6. The van der Waals surface area contributed by atoms with Gasteiger partial charge in [-0.25, -0.2) is 0 Å². The van der Waals surface area contributed by atoms with Gasteiger partial charge in [-0.15, -0.1) is 12.4 Å². The van der Waals surface area contributed by atoms with E-state index in [9.17, 15) is 4.79 Å². The molecule has 0 atom stereocenters. The highest BCUT2D eigenvalue weighted by atomic mass is 35.5. The highest BCUT2D eigenvalue weighted by Crippen LogP contribution is 2.33. The number of aromatic nitrogens is 1. The van der Waals surface area contributed by atoms with E-state index in [-0.39, 0.29) is 17.8 Å². The van der Waals surface area contributed by atoms with E-state index in [1.807, 2.05) is 18.2 Å². The summed E-state index contributed by atoms with van der Waals surface area (Å²) < 4.78 is 2.19. The third kappa shape index (κ3) is 4.40. The van der Waals surface area contributed by atoms with Crippen LogP contribution in [0.25, 0.3) is 16.6 Å². The molecule has 0 radical (unpaired) electrons. The highest BCUT2D eigenvalue weighted by molar-refractivity contribution is 6.04. The Morgan fingerprint density at radius 2 is 1.67 bits per heavy atom. The number of anilines is 1. The van der Waals surface area contributed by atoms with Crippen molar-refractivity contribution in [1.82, 2.24) is 9.47 Å². The number of hydrogen-bond donors (Lipinski definition) is 1. The normalized spacial score (nSPS) is 14.6. The number of halogens is 1. The molecule has 1 saturated heterocycles. The number of carbonyl (C=O) groups excluding carboxylic acids is 1. The van der Waals surface area contributed by atoms with Gasteiger partial charge in [-0.2, -0.15) is 0 Å². The maximum absolute atomic E-state index is 12.0. The molecule has 1 aromatic heterocycles. The van der Waals surface area contributed by atoms with Crippen LogP contribution in [-0.4, -0.2) is 41.9 Å². The van der Waals surface area contributed by atoms with E-state index in [2.05, 4.69) is 65.9 Å². The Labute approximate surface area is 185 Å². The second-order valence-electron chi connectivity index (χ2n) is 9.01.